The molecule has 6 heteroatoms. The van der Waals surface area contributed by atoms with Gasteiger partial charge in [-0.1, -0.05) is 12.1 Å². The third kappa shape index (κ3) is 4.46. The molecule has 0 spiro atoms. The number of benzene rings is 1. The molecule has 0 saturated carbocycles. The van der Waals surface area contributed by atoms with Gasteiger partial charge in [0.2, 0.25) is 5.91 Å². The van der Waals surface area contributed by atoms with E-state index in [1.807, 2.05) is 19.1 Å². The monoisotopic (exact) mass is 304 g/mol. The SMILES string of the molecule is CC(NC(=O)[C@H]1CCN[C@@H](C)C1)c1ccc(NC(N)=O)cc1. The van der Waals surface area contributed by atoms with E-state index in [0.717, 1.165) is 24.9 Å². The molecule has 5 N–H and O–H groups in total. The standard InChI is InChI=1S/C16H24N4O2/c1-10-9-13(7-8-18-10)15(21)19-11(2)12-3-5-14(6-4-12)20-16(17)22/h3-6,10-11,13,18H,7-9H2,1-2H3,(H,19,21)(H3,17,20,22)/t10-,11?,13-/m0/s1. The summed E-state index contributed by atoms with van der Waals surface area (Å²) in [6.45, 7) is 4.95. The van der Waals surface area contributed by atoms with E-state index in [2.05, 4.69) is 22.9 Å². The zero-order valence-corrected chi connectivity index (χ0v) is 13.1. The average Bonchev–Trinajstić information content (AvgIpc) is 2.47. The molecule has 1 saturated heterocycles. The molecule has 120 valence electrons. The fourth-order valence-electron chi connectivity index (χ4n) is 2.78. The highest BCUT2D eigenvalue weighted by Gasteiger charge is 2.25. The Bertz CT molecular complexity index is 529. The van der Waals surface area contributed by atoms with Gasteiger partial charge in [-0.3, -0.25) is 4.79 Å². The molecule has 3 atom stereocenters. The zero-order valence-electron chi connectivity index (χ0n) is 13.1. The Hall–Kier alpha value is -2.08. The lowest BCUT2D eigenvalue weighted by Crippen LogP contribution is -2.42. The molecule has 2 rings (SSSR count). The number of rotatable bonds is 4. The van der Waals surface area contributed by atoms with E-state index in [4.69, 9.17) is 5.73 Å². The number of anilines is 1. The van der Waals surface area contributed by atoms with Gasteiger partial charge in [-0.15, -0.1) is 0 Å². The van der Waals surface area contributed by atoms with Crippen molar-refractivity contribution in [3.63, 3.8) is 0 Å². The number of nitrogens with one attached hydrogen (secondary N) is 3. The van der Waals surface area contributed by atoms with E-state index in [0.29, 0.717) is 11.7 Å². The van der Waals surface area contributed by atoms with Crippen LogP contribution in [-0.2, 0) is 4.79 Å². The lowest BCUT2D eigenvalue weighted by atomic mass is 9.92. The Balaban J connectivity index is 1.92. The number of hydrogen-bond donors (Lipinski definition) is 4. The van der Waals surface area contributed by atoms with Crippen molar-refractivity contribution in [2.45, 2.75) is 38.8 Å². The van der Waals surface area contributed by atoms with Gasteiger partial charge in [-0.2, -0.15) is 0 Å². The van der Waals surface area contributed by atoms with Gasteiger partial charge in [-0.05, 0) is 50.9 Å². The quantitative estimate of drug-likeness (QED) is 0.682. The van der Waals surface area contributed by atoms with Crippen LogP contribution in [-0.4, -0.2) is 24.5 Å². The zero-order chi connectivity index (χ0) is 16.1. The van der Waals surface area contributed by atoms with E-state index in [9.17, 15) is 9.59 Å². The molecule has 1 heterocycles. The van der Waals surface area contributed by atoms with Crippen molar-refractivity contribution < 1.29 is 9.59 Å². The minimum absolute atomic E-state index is 0.0691. The third-order valence-electron chi connectivity index (χ3n) is 4.03. The van der Waals surface area contributed by atoms with E-state index < -0.39 is 6.03 Å². The molecule has 0 radical (unpaired) electrons. The highest BCUT2D eigenvalue weighted by molar-refractivity contribution is 5.87. The van der Waals surface area contributed by atoms with E-state index in [1.54, 1.807) is 12.1 Å². The molecular weight excluding hydrogens is 280 g/mol. The number of carbonyl (C=O) groups is 2. The molecule has 6 nitrogen and oxygen atoms in total. The van der Waals surface area contributed by atoms with Gasteiger partial charge in [0, 0.05) is 17.6 Å². The fourth-order valence-corrected chi connectivity index (χ4v) is 2.78. The van der Waals surface area contributed by atoms with Crippen LogP contribution in [0.3, 0.4) is 0 Å². The van der Waals surface area contributed by atoms with Crippen molar-refractivity contribution in [2.24, 2.45) is 11.7 Å². The number of hydrogen-bond acceptors (Lipinski definition) is 3. The van der Waals surface area contributed by atoms with E-state index in [-0.39, 0.29) is 17.9 Å². The summed E-state index contributed by atoms with van der Waals surface area (Å²) >= 11 is 0. The average molecular weight is 304 g/mol. The van der Waals surface area contributed by atoms with Crippen LogP contribution in [0.4, 0.5) is 10.5 Å². The van der Waals surface area contributed by atoms with Crippen LogP contribution < -0.4 is 21.7 Å². The van der Waals surface area contributed by atoms with Crippen LogP contribution >= 0.6 is 0 Å². The number of nitrogens with two attached hydrogens (primary N) is 1. The van der Waals surface area contributed by atoms with Crippen LogP contribution in [0.1, 0.15) is 38.3 Å². The molecule has 1 aliphatic heterocycles. The predicted molar refractivity (Wildman–Crippen MR) is 86.4 cm³/mol. The smallest absolute Gasteiger partial charge is 0.316 e. The Kier molecular flexibility index (Phi) is 5.38. The molecule has 1 aromatic rings. The molecule has 22 heavy (non-hydrogen) atoms. The van der Waals surface area contributed by atoms with Gasteiger partial charge in [0.05, 0.1) is 6.04 Å². The van der Waals surface area contributed by atoms with Crippen molar-refractivity contribution in [2.75, 3.05) is 11.9 Å². The molecule has 1 unspecified atom stereocenters. The first-order valence-electron chi connectivity index (χ1n) is 7.66. The summed E-state index contributed by atoms with van der Waals surface area (Å²) in [5.41, 5.74) is 6.70. The van der Waals surface area contributed by atoms with Crippen LogP contribution in [0.25, 0.3) is 0 Å². The summed E-state index contributed by atoms with van der Waals surface area (Å²) in [6, 6.07) is 7.03. The number of primary amides is 1. The summed E-state index contributed by atoms with van der Waals surface area (Å²) in [4.78, 5) is 23.1. The topological polar surface area (TPSA) is 96.2 Å². The van der Waals surface area contributed by atoms with E-state index in [1.165, 1.54) is 0 Å². The third-order valence-corrected chi connectivity index (χ3v) is 4.03. The second-order valence-corrected chi connectivity index (χ2v) is 5.92. The number of piperidine rings is 1. The molecule has 1 fully saturated rings. The first kappa shape index (κ1) is 16.3. The maximum Gasteiger partial charge on any atom is 0.316 e. The Morgan fingerprint density at radius 2 is 2.00 bits per heavy atom. The summed E-state index contributed by atoms with van der Waals surface area (Å²) < 4.78 is 0. The summed E-state index contributed by atoms with van der Waals surface area (Å²) in [5, 5.41) is 8.93. The lowest BCUT2D eigenvalue weighted by Gasteiger charge is -2.28. The maximum atomic E-state index is 12.3. The molecule has 0 bridgehead atoms. The van der Waals surface area contributed by atoms with E-state index >= 15 is 0 Å². The second-order valence-electron chi connectivity index (χ2n) is 5.92. The van der Waals surface area contributed by atoms with Crippen molar-refractivity contribution in [3.8, 4) is 0 Å². The van der Waals surface area contributed by atoms with Crippen LogP contribution in [0.15, 0.2) is 24.3 Å². The first-order chi connectivity index (χ1) is 10.5. The molecule has 0 aliphatic carbocycles. The predicted octanol–water partition coefficient (Wildman–Crippen LogP) is 1.74. The molecule has 0 aromatic heterocycles. The lowest BCUT2D eigenvalue weighted by molar-refractivity contribution is -0.126. The Morgan fingerprint density at radius 1 is 1.32 bits per heavy atom. The van der Waals surface area contributed by atoms with Gasteiger partial charge in [0.15, 0.2) is 0 Å². The number of urea groups is 1. The largest absolute Gasteiger partial charge is 0.351 e. The van der Waals surface area contributed by atoms with Crippen LogP contribution in [0, 0.1) is 5.92 Å². The maximum absolute atomic E-state index is 12.3. The van der Waals surface area contributed by atoms with Crippen molar-refractivity contribution in [1.82, 2.24) is 10.6 Å². The fraction of sp³-hybridized carbons (Fsp3) is 0.500. The molecule has 1 aromatic carbocycles. The normalized spacial score (nSPS) is 22.6. The van der Waals surface area contributed by atoms with Crippen molar-refractivity contribution >= 4 is 17.6 Å². The number of amides is 3. The number of carbonyl (C=O) groups excluding carboxylic acids is 2. The summed E-state index contributed by atoms with van der Waals surface area (Å²) in [6.07, 6.45) is 1.75. The summed E-state index contributed by atoms with van der Waals surface area (Å²) in [7, 11) is 0. The van der Waals surface area contributed by atoms with Crippen LogP contribution in [0.2, 0.25) is 0 Å². The van der Waals surface area contributed by atoms with Crippen molar-refractivity contribution in [1.29, 1.82) is 0 Å². The molecule has 1 aliphatic rings. The first-order valence-corrected chi connectivity index (χ1v) is 7.66. The minimum Gasteiger partial charge on any atom is -0.351 e. The van der Waals surface area contributed by atoms with Gasteiger partial charge in [0.1, 0.15) is 0 Å². The second kappa shape index (κ2) is 7.26. The van der Waals surface area contributed by atoms with Gasteiger partial charge < -0.3 is 21.7 Å². The van der Waals surface area contributed by atoms with Crippen LogP contribution in [0.5, 0.6) is 0 Å². The molecule has 3 amide bonds. The minimum atomic E-state index is -0.589. The Labute approximate surface area is 130 Å². The Morgan fingerprint density at radius 3 is 2.59 bits per heavy atom. The van der Waals surface area contributed by atoms with Gasteiger partial charge in [0.25, 0.3) is 0 Å². The molecular formula is C16H24N4O2. The summed E-state index contributed by atoms with van der Waals surface area (Å²) in [5.74, 6) is 0.190. The van der Waals surface area contributed by atoms with Gasteiger partial charge >= 0.3 is 6.03 Å². The van der Waals surface area contributed by atoms with Gasteiger partial charge in [-0.25, -0.2) is 4.79 Å². The highest BCUT2D eigenvalue weighted by atomic mass is 16.2. The highest BCUT2D eigenvalue weighted by Crippen LogP contribution is 2.20. The van der Waals surface area contributed by atoms with Crippen molar-refractivity contribution in [3.05, 3.63) is 29.8 Å².